The van der Waals surface area contributed by atoms with Crippen LogP contribution in [0.15, 0.2) is 60.9 Å². The lowest BCUT2D eigenvalue weighted by Crippen LogP contribution is -2.11. The molecule has 118 valence electrons. The van der Waals surface area contributed by atoms with Gasteiger partial charge in [-0.05, 0) is 36.3 Å². The number of hydrogen-bond donors (Lipinski definition) is 0. The van der Waals surface area contributed by atoms with Crippen molar-refractivity contribution in [3.63, 3.8) is 0 Å². The lowest BCUT2D eigenvalue weighted by molar-refractivity contribution is 0.481. The second kappa shape index (κ2) is 5.42. The van der Waals surface area contributed by atoms with E-state index < -0.39 is 17.1 Å². The van der Waals surface area contributed by atoms with Crippen LogP contribution in [0.25, 0.3) is 28.4 Å². The van der Waals surface area contributed by atoms with Crippen molar-refractivity contribution in [1.29, 1.82) is 0 Å². The van der Waals surface area contributed by atoms with Gasteiger partial charge >= 0.3 is 11.3 Å². The molecule has 0 aliphatic heterocycles. The van der Waals surface area contributed by atoms with Crippen molar-refractivity contribution in [3.8, 4) is 11.5 Å². The largest absolute Gasteiger partial charge is 0.422 e. The van der Waals surface area contributed by atoms with Gasteiger partial charge in [0.1, 0.15) is 22.5 Å². The third kappa shape index (κ3) is 2.28. The summed E-state index contributed by atoms with van der Waals surface area (Å²) in [5.74, 6) is -0.459. The Morgan fingerprint density at radius 2 is 1.96 bits per heavy atom. The van der Waals surface area contributed by atoms with Crippen LogP contribution in [-0.4, -0.2) is 4.98 Å². The number of halogens is 1. The van der Waals surface area contributed by atoms with Gasteiger partial charge in [-0.3, -0.25) is 0 Å². The van der Waals surface area contributed by atoms with E-state index in [4.69, 9.17) is 8.83 Å². The topological polar surface area (TPSA) is 73.3 Å². The maximum atomic E-state index is 13.7. The van der Waals surface area contributed by atoms with Gasteiger partial charge in [-0.25, -0.2) is 19.0 Å². The molecule has 0 saturated heterocycles. The van der Waals surface area contributed by atoms with Gasteiger partial charge in [-0.2, -0.15) is 0 Å². The third-order valence-electron chi connectivity index (χ3n) is 3.73. The Kier molecular flexibility index (Phi) is 3.23. The summed E-state index contributed by atoms with van der Waals surface area (Å²) in [6.07, 6.45) is 7.77. The van der Waals surface area contributed by atoms with Crippen molar-refractivity contribution in [1.82, 2.24) is 4.98 Å². The highest BCUT2D eigenvalue weighted by Crippen LogP contribution is 2.22. The average molecular weight is 323 g/mol. The Morgan fingerprint density at radius 1 is 1.08 bits per heavy atom. The predicted octanol–water partition coefficient (Wildman–Crippen LogP) is 3.07. The van der Waals surface area contributed by atoms with Crippen molar-refractivity contribution < 1.29 is 13.2 Å². The van der Waals surface area contributed by atoms with Gasteiger partial charge < -0.3 is 8.83 Å². The van der Waals surface area contributed by atoms with E-state index in [1.165, 1.54) is 12.1 Å². The zero-order valence-corrected chi connectivity index (χ0v) is 12.3. The quantitative estimate of drug-likeness (QED) is 0.688. The molecule has 2 heterocycles. The van der Waals surface area contributed by atoms with E-state index in [1.807, 2.05) is 12.2 Å². The van der Waals surface area contributed by atoms with Crippen LogP contribution in [0.4, 0.5) is 4.39 Å². The molecule has 24 heavy (non-hydrogen) atoms. The molecule has 0 fully saturated rings. The molecule has 2 aromatic heterocycles. The molecule has 1 aliphatic carbocycles. The minimum absolute atomic E-state index is 0.0284. The minimum atomic E-state index is -0.887. The molecule has 0 bridgehead atoms. The van der Waals surface area contributed by atoms with Gasteiger partial charge in [0, 0.05) is 0 Å². The molecule has 0 N–H and O–H groups in total. The van der Waals surface area contributed by atoms with Crippen LogP contribution in [0.5, 0.6) is 0 Å². The zero-order valence-electron chi connectivity index (χ0n) is 12.3. The Hall–Kier alpha value is -3.28. The first-order valence-electron chi connectivity index (χ1n) is 7.23. The highest BCUT2D eigenvalue weighted by molar-refractivity contribution is 5.79. The first-order chi connectivity index (χ1) is 11.6. The summed E-state index contributed by atoms with van der Waals surface area (Å²) in [6.45, 7) is 0. The number of rotatable bonds is 1. The summed E-state index contributed by atoms with van der Waals surface area (Å²) in [5.41, 5.74) is -0.650. The number of nitrogens with zero attached hydrogens (tertiary/aromatic N) is 1. The van der Waals surface area contributed by atoms with Gasteiger partial charge in [0.25, 0.3) is 0 Å². The molecule has 0 amide bonds. The maximum absolute atomic E-state index is 13.7. The Balaban J connectivity index is 1.97. The fraction of sp³-hybridized carbons (Fsp3) is 0.0556. The lowest BCUT2D eigenvalue weighted by atomic mass is 10.1. The summed E-state index contributed by atoms with van der Waals surface area (Å²) in [6, 6.07) is 5.64. The van der Waals surface area contributed by atoms with Gasteiger partial charge in [0.05, 0.1) is 5.52 Å². The summed E-state index contributed by atoms with van der Waals surface area (Å²) < 4.78 is 24.1. The molecular formula is C18H10FNO4. The molecule has 1 aliphatic rings. The van der Waals surface area contributed by atoms with E-state index in [0.717, 1.165) is 11.6 Å². The average Bonchev–Trinajstić information content (AvgIpc) is 2.78. The Morgan fingerprint density at radius 3 is 2.83 bits per heavy atom. The molecule has 3 aromatic rings. The fourth-order valence-electron chi connectivity index (χ4n) is 2.59. The summed E-state index contributed by atoms with van der Waals surface area (Å²) in [5, 5.41) is -0.244. The van der Waals surface area contributed by atoms with E-state index in [0.29, 0.717) is 12.2 Å². The fourth-order valence-corrected chi connectivity index (χ4v) is 2.59. The zero-order chi connectivity index (χ0) is 16.7. The number of fused-ring (bicyclic) bond motifs is 2. The van der Waals surface area contributed by atoms with Crippen LogP contribution in [0, 0.1) is 5.82 Å². The Labute approximate surface area is 134 Å². The van der Waals surface area contributed by atoms with E-state index in [-0.39, 0.29) is 22.4 Å². The highest BCUT2D eigenvalue weighted by Gasteiger charge is 2.17. The van der Waals surface area contributed by atoms with Crippen molar-refractivity contribution in [2.75, 3.05) is 0 Å². The SMILES string of the molecule is O=c1oc2c(cc1-c1nc3cccc(F)c3c(=O)o1)CC=CC=C2. The third-order valence-corrected chi connectivity index (χ3v) is 3.73. The molecule has 6 heteroatoms. The monoisotopic (exact) mass is 323 g/mol. The Bertz CT molecular complexity index is 1140. The van der Waals surface area contributed by atoms with E-state index in [2.05, 4.69) is 4.98 Å². The van der Waals surface area contributed by atoms with Gasteiger partial charge in [0.2, 0.25) is 5.89 Å². The number of allylic oxidation sites excluding steroid dienone is 3. The second-order valence-corrected chi connectivity index (χ2v) is 5.27. The van der Waals surface area contributed by atoms with Gasteiger partial charge in [-0.15, -0.1) is 0 Å². The van der Waals surface area contributed by atoms with Crippen molar-refractivity contribution in [3.05, 3.63) is 80.5 Å². The minimum Gasteiger partial charge on any atom is -0.422 e. The van der Waals surface area contributed by atoms with Crippen LogP contribution in [0.1, 0.15) is 11.3 Å². The van der Waals surface area contributed by atoms with Crippen LogP contribution in [-0.2, 0) is 6.42 Å². The van der Waals surface area contributed by atoms with Crippen LogP contribution < -0.4 is 11.3 Å². The van der Waals surface area contributed by atoms with Gasteiger partial charge in [-0.1, -0.05) is 24.3 Å². The first kappa shape index (κ1) is 14.3. The predicted molar refractivity (Wildman–Crippen MR) is 86.1 cm³/mol. The van der Waals surface area contributed by atoms with E-state index >= 15 is 0 Å². The normalized spacial score (nSPS) is 13.0. The van der Waals surface area contributed by atoms with Crippen molar-refractivity contribution in [2.45, 2.75) is 6.42 Å². The highest BCUT2D eigenvalue weighted by atomic mass is 19.1. The smallest absolute Gasteiger partial charge is 0.350 e. The number of hydrogen-bond acceptors (Lipinski definition) is 5. The molecule has 0 radical (unpaired) electrons. The van der Waals surface area contributed by atoms with E-state index in [9.17, 15) is 14.0 Å². The molecular weight excluding hydrogens is 313 g/mol. The first-order valence-corrected chi connectivity index (χ1v) is 7.23. The van der Waals surface area contributed by atoms with Gasteiger partial charge in [0.15, 0.2) is 0 Å². The molecule has 5 nitrogen and oxygen atoms in total. The maximum Gasteiger partial charge on any atom is 0.350 e. The van der Waals surface area contributed by atoms with E-state index in [1.54, 1.807) is 18.2 Å². The molecule has 0 atom stereocenters. The summed E-state index contributed by atoms with van der Waals surface area (Å²) in [7, 11) is 0. The van der Waals surface area contributed by atoms with Crippen molar-refractivity contribution >= 4 is 17.0 Å². The summed E-state index contributed by atoms with van der Waals surface area (Å²) >= 11 is 0. The molecule has 0 unspecified atom stereocenters. The second-order valence-electron chi connectivity index (χ2n) is 5.27. The van der Waals surface area contributed by atoms with Crippen molar-refractivity contribution in [2.24, 2.45) is 0 Å². The lowest BCUT2D eigenvalue weighted by Gasteiger charge is -2.05. The number of benzene rings is 1. The van der Waals surface area contributed by atoms with Crippen LogP contribution >= 0.6 is 0 Å². The standard InChI is InChI=1S/C18H10FNO4/c19-12-6-4-7-13-15(12)18(22)24-16(20-13)11-9-10-5-2-1-3-8-14(10)23-17(11)21/h1-4,6-9H,5H2. The van der Waals surface area contributed by atoms with Crippen LogP contribution in [0.2, 0.25) is 0 Å². The summed E-state index contributed by atoms with van der Waals surface area (Å²) in [4.78, 5) is 28.4. The molecule has 0 saturated carbocycles. The number of aromatic nitrogens is 1. The molecule has 4 rings (SSSR count). The van der Waals surface area contributed by atoms with Crippen LogP contribution in [0.3, 0.4) is 0 Å². The molecule has 1 aromatic carbocycles. The molecule has 0 spiro atoms.